The van der Waals surface area contributed by atoms with Crippen LogP contribution in [0.2, 0.25) is 0 Å². The van der Waals surface area contributed by atoms with Gasteiger partial charge in [0.15, 0.2) is 0 Å². The quantitative estimate of drug-likeness (QED) is 0.0462. The summed E-state index contributed by atoms with van der Waals surface area (Å²) >= 11 is 0. The van der Waals surface area contributed by atoms with Gasteiger partial charge in [-0.15, -0.1) is 0 Å². The molecule has 0 aliphatic carbocycles. The summed E-state index contributed by atoms with van der Waals surface area (Å²) in [6.07, 6.45) is 0.848. The molecule has 9 unspecified atom stereocenters. The van der Waals surface area contributed by atoms with Crippen LogP contribution >= 0.6 is 0 Å². The molecule has 9 N–H and O–H groups in total. The van der Waals surface area contributed by atoms with Crippen molar-refractivity contribution in [3.8, 4) is 0 Å². The Balaban J connectivity index is 0.00000136. The van der Waals surface area contributed by atoms with Crippen LogP contribution in [-0.4, -0.2) is 243 Å². The van der Waals surface area contributed by atoms with Gasteiger partial charge in [0.2, 0.25) is 0 Å². The lowest BCUT2D eigenvalue weighted by Crippen LogP contribution is -2.62. The van der Waals surface area contributed by atoms with Gasteiger partial charge in [0.1, 0.15) is 18.1 Å². The molecule has 0 spiro atoms. The maximum absolute atomic E-state index is 12.0. The summed E-state index contributed by atoms with van der Waals surface area (Å²) in [4.78, 5) is 112. The number of benzene rings is 1. The van der Waals surface area contributed by atoms with E-state index in [1.807, 2.05) is 38.1 Å². The summed E-state index contributed by atoms with van der Waals surface area (Å²) in [7, 11) is 0. The Bertz CT molecular complexity index is 1870. The number of aliphatic carboxylic acids is 9. The molecule has 0 aliphatic rings. The van der Waals surface area contributed by atoms with Crippen molar-refractivity contribution in [2.75, 3.05) is 65.4 Å². The van der Waals surface area contributed by atoms with E-state index in [4.69, 9.17) is 5.11 Å². The van der Waals surface area contributed by atoms with E-state index in [1.54, 1.807) is 49.3 Å². The number of hydrogen-bond acceptors (Lipinski definition) is 15. The maximum atomic E-state index is 12.0. The molecule has 1 aromatic carbocycles. The lowest BCUT2D eigenvalue weighted by Gasteiger charge is -2.47. The number of carboxylic acids is 9. The second-order valence-corrected chi connectivity index (χ2v) is 17.7. The Morgan fingerprint density at radius 3 is 1.24 bits per heavy atom. The molecule has 0 bridgehead atoms. The van der Waals surface area contributed by atoms with Crippen LogP contribution in [0.4, 0.5) is 0 Å². The monoisotopic (exact) mass is 1000 g/mol. The van der Waals surface area contributed by atoms with Crippen molar-refractivity contribution >= 4 is 53.7 Å². The second kappa shape index (κ2) is 31.4. The third kappa shape index (κ3) is 23.2. The van der Waals surface area contributed by atoms with E-state index in [2.05, 4.69) is 0 Å². The van der Waals surface area contributed by atoms with Crippen LogP contribution in [0.5, 0.6) is 0 Å². The predicted molar refractivity (Wildman–Crippen MR) is 253 cm³/mol. The Labute approximate surface area is 408 Å². The number of hydrogen-bond donors (Lipinski definition) is 9. The molecule has 0 saturated carbocycles. The third-order valence-electron chi connectivity index (χ3n) is 12.7. The molecule has 0 fully saturated rings. The largest absolute Gasteiger partial charge is 0.480 e. The molecule has 0 aliphatic heterocycles. The molecule has 0 radical (unpaired) electrons. The van der Waals surface area contributed by atoms with Crippen molar-refractivity contribution in [3.05, 3.63) is 35.4 Å². The fraction of sp³-hybridized carbons (Fsp3) is 0.674. The van der Waals surface area contributed by atoms with Crippen molar-refractivity contribution in [2.24, 2.45) is 5.92 Å². The van der Waals surface area contributed by atoms with Crippen molar-refractivity contribution in [1.29, 1.82) is 0 Å². The molecule has 398 valence electrons. The van der Waals surface area contributed by atoms with Gasteiger partial charge in [0, 0.05) is 43.3 Å². The van der Waals surface area contributed by atoms with Crippen LogP contribution in [-0.2, 0) is 49.6 Å². The zero-order valence-electron chi connectivity index (χ0n) is 41.9. The van der Waals surface area contributed by atoms with E-state index in [1.165, 1.54) is 35.5 Å². The first-order valence-electron chi connectivity index (χ1n) is 22.9. The molecule has 0 amide bonds. The summed E-state index contributed by atoms with van der Waals surface area (Å²) < 4.78 is 0. The third-order valence-corrected chi connectivity index (χ3v) is 12.7. The van der Waals surface area contributed by atoms with E-state index in [0.29, 0.717) is 32.5 Å². The van der Waals surface area contributed by atoms with Gasteiger partial charge in [0.25, 0.3) is 0 Å². The van der Waals surface area contributed by atoms with Crippen LogP contribution in [0.1, 0.15) is 79.9 Å². The van der Waals surface area contributed by atoms with Crippen molar-refractivity contribution in [3.63, 3.8) is 0 Å². The number of aryl methyl sites for hydroxylation is 1. The molecule has 70 heavy (non-hydrogen) atoms. The van der Waals surface area contributed by atoms with Crippen LogP contribution in [0.25, 0.3) is 0 Å². The Hall–Kier alpha value is -5.79. The fourth-order valence-electron chi connectivity index (χ4n) is 8.32. The number of nitrogens with zero attached hydrogens (tertiary/aromatic N) is 6. The van der Waals surface area contributed by atoms with E-state index in [9.17, 15) is 84.0 Å². The maximum Gasteiger partial charge on any atom is 0.320 e. The first-order chi connectivity index (χ1) is 32.4. The van der Waals surface area contributed by atoms with Gasteiger partial charge in [-0.3, -0.25) is 72.6 Å². The van der Waals surface area contributed by atoms with Gasteiger partial charge >= 0.3 is 53.7 Å². The summed E-state index contributed by atoms with van der Waals surface area (Å²) in [5.41, 5.74) is 1.92. The van der Waals surface area contributed by atoms with Crippen LogP contribution in [0.3, 0.4) is 0 Å². The lowest BCUT2D eigenvalue weighted by molar-refractivity contribution is -0.153. The number of carboxylic acid groups (broad SMARTS) is 9. The summed E-state index contributed by atoms with van der Waals surface area (Å²) in [5, 5.41) is 84.5. The van der Waals surface area contributed by atoms with Gasteiger partial charge in [-0.05, 0) is 92.8 Å². The number of carbonyl (C=O) groups is 9. The zero-order chi connectivity index (χ0) is 54.3. The predicted octanol–water partition coefficient (Wildman–Crippen LogP) is 1.23. The average Bonchev–Trinajstić information content (AvgIpc) is 3.25. The SMILES string of the molecule is CC(C(C)N(CC(=O)O)C(C)C(=O)O)C(C)N(C(C)C(=O)O)C(C)C(C)N(CC(=O)O)C(C)C(=O)O.CCN(CCCN(CC(=O)O)CC(Cc1ccc(C)cc1)N(CC(=O)O)CC(=O)O)CC(=O)O. The minimum Gasteiger partial charge on any atom is -0.480 e. The molecule has 0 heterocycles. The van der Waals surface area contributed by atoms with Gasteiger partial charge < -0.3 is 46.0 Å². The Morgan fingerprint density at radius 1 is 0.471 bits per heavy atom. The van der Waals surface area contributed by atoms with Crippen LogP contribution < -0.4 is 0 Å². The number of likely N-dealkylation sites (N-methyl/N-ethyl adjacent to an activating group) is 1. The zero-order valence-corrected chi connectivity index (χ0v) is 41.9. The van der Waals surface area contributed by atoms with Crippen molar-refractivity contribution in [1.82, 2.24) is 29.4 Å². The van der Waals surface area contributed by atoms with Crippen LogP contribution in [0, 0.1) is 12.8 Å². The standard InChI is InChI=1S/C23H41N3O10.C23H35N3O8/c1-11(12(2)24(9-19(27)28)16(6)21(31)32)13(3)26(18(8)23(35)36)15(5)14(4)25(10-20(29)30)17(7)22(33)34;1-3-24(13-20(27)28)9-4-10-25(14-21(29)30)12-19(11-18-7-5-17(2)6-8-18)26(15-22(31)32)16-23(33)34/h11-18H,9-10H2,1-8H3,(H,27,28)(H,29,30)(H,31,32)(H,33,34)(H,35,36);5-8,19H,3-4,9-16H2,1-2H3,(H,27,28)(H,29,30)(H,31,32)(H,33,34). The topological polar surface area (TPSA) is 355 Å². The van der Waals surface area contributed by atoms with Crippen molar-refractivity contribution < 1.29 is 89.1 Å². The van der Waals surface area contributed by atoms with Gasteiger partial charge in [-0.1, -0.05) is 43.7 Å². The van der Waals surface area contributed by atoms with E-state index >= 15 is 0 Å². The van der Waals surface area contributed by atoms with E-state index < -0.39 is 134 Å². The molecule has 9 atom stereocenters. The first-order valence-corrected chi connectivity index (χ1v) is 22.9. The van der Waals surface area contributed by atoms with Gasteiger partial charge in [0.05, 0.1) is 39.3 Å². The minimum absolute atomic E-state index is 0.115. The van der Waals surface area contributed by atoms with Gasteiger partial charge in [-0.2, -0.15) is 0 Å². The van der Waals surface area contributed by atoms with Crippen LogP contribution in [0.15, 0.2) is 24.3 Å². The minimum atomic E-state index is -1.23. The average molecular weight is 1000 g/mol. The smallest absolute Gasteiger partial charge is 0.320 e. The Morgan fingerprint density at radius 2 is 0.857 bits per heavy atom. The second-order valence-electron chi connectivity index (χ2n) is 17.7. The van der Waals surface area contributed by atoms with E-state index in [-0.39, 0.29) is 19.6 Å². The highest BCUT2D eigenvalue weighted by molar-refractivity contribution is 5.76. The molecule has 24 heteroatoms. The molecule has 1 aromatic rings. The van der Waals surface area contributed by atoms with E-state index in [0.717, 1.165) is 11.1 Å². The molecule has 24 nitrogen and oxygen atoms in total. The first kappa shape index (κ1) is 64.2. The highest BCUT2D eigenvalue weighted by atomic mass is 16.4. The molecule has 0 aromatic heterocycles. The summed E-state index contributed by atoms with van der Waals surface area (Å²) in [5.74, 6) is -10.8. The van der Waals surface area contributed by atoms with Crippen molar-refractivity contribution in [2.45, 2.75) is 130 Å². The molecule has 1 rings (SSSR count). The molecular formula is C46H76N6O18. The highest BCUT2D eigenvalue weighted by Crippen LogP contribution is 2.27. The molecular weight excluding hydrogens is 925 g/mol. The lowest BCUT2D eigenvalue weighted by atomic mass is 9.89. The molecule has 0 saturated heterocycles. The normalized spacial score (nSPS) is 15.5. The number of rotatable bonds is 35. The van der Waals surface area contributed by atoms with Gasteiger partial charge in [-0.25, -0.2) is 0 Å². The Kier molecular flexibility index (Phi) is 28.8. The summed E-state index contributed by atoms with van der Waals surface area (Å²) in [6.45, 7) is 15.4. The highest BCUT2D eigenvalue weighted by Gasteiger charge is 2.41. The fourth-order valence-corrected chi connectivity index (χ4v) is 8.32. The summed E-state index contributed by atoms with van der Waals surface area (Å²) in [6, 6.07) is 1.18.